The van der Waals surface area contributed by atoms with Crippen LogP contribution < -0.4 is 5.32 Å². The molecule has 0 saturated heterocycles. The molecule has 0 unspecified atom stereocenters. The molecule has 0 saturated carbocycles. The molecule has 0 fully saturated rings. The van der Waals surface area contributed by atoms with E-state index in [0.717, 1.165) is 10.0 Å². The summed E-state index contributed by atoms with van der Waals surface area (Å²) in [6.07, 6.45) is 0. The largest absolute Gasteiger partial charge is 0.480 e. The highest BCUT2D eigenvalue weighted by Gasteiger charge is 2.20. The third-order valence-electron chi connectivity index (χ3n) is 2.65. The van der Waals surface area contributed by atoms with Crippen LogP contribution in [0.3, 0.4) is 0 Å². The van der Waals surface area contributed by atoms with Gasteiger partial charge < -0.3 is 10.4 Å². The van der Waals surface area contributed by atoms with Crippen LogP contribution in [-0.4, -0.2) is 17.1 Å². The lowest BCUT2D eigenvalue weighted by molar-refractivity contribution is -0.140. The highest BCUT2D eigenvalue weighted by molar-refractivity contribution is 9.10. The van der Waals surface area contributed by atoms with E-state index in [-0.39, 0.29) is 5.92 Å². The Morgan fingerprint density at radius 1 is 1.47 bits per heavy atom. The van der Waals surface area contributed by atoms with Gasteiger partial charge in [-0.05, 0) is 30.0 Å². The van der Waals surface area contributed by atoms with Crippen molar-refractivity contribution in [3.63, 3.8) is 0 Å². The maximum atomic E-state index is 11.0. The number of carboxylic acids is 1. The molecule has 0 radical (unpaired) electrons. The molecule has 1 aromatic rings. The quantitative estimate of drug-likeness (QED) is 0.879. The lowest BCUT2D eigenvalue weighted by Gasteiger charge is -2.18. The van der Waals surface area contributed by atoms with Crippen LogP contribution in [0.2, 0.25) is 0 Å². The second-order valence-corrected chi connectivity index (χ2v) is 5.39. The van der Waals surface area contributed by atoms with E-state index >= 15 is 0 Å². The number of benzene rings is 1. The number of hydrogen-bond acceptors (Lipinski definition) is 2. The fourth-order valence-electron chi connectivity index (χ4n) is 1.62. The number of rotatable bonds is 5. The molecular formula is C13H18BrNO2. The summed E-state index contributed by atoms with van der Waals surface area (Å²) in [5.74, 6) is -0.736. The van der Waals surface area contributed by atoms with Crippen LogP contribution in [0.25, 0.3) is 0 Å². The van der Waals surface area contributed by atoms with Crippen LogP contribution in [0.15, 0.2) is 22.7 Å². The highest BCUT2D eigenvalue weighted by Crippen LogP contribution is 2.18. The minimum absolute atomic E-state index is 0.0664. The summed E-state index contributed by atoms with van der Waals surface area (Å²) in [4.78, 5) is 11.0. The van der Waals surface area contributed by atoms with Gasteiger partial charge in [0.25, 0.3) is 0 Å². The van der Waals surface area contributed by atoms with Gasteiger partial charge in [0.2, 0.25) is 0 Å². The van der Waals surface area contributed by atoms with E-state index in [9.17, 15) is 4.79 Å². The number of carbonyl (C=O) groups is 1. The van der Waals surface area contributed by atoms with E-state index in [1.165, 1.54) is 5.56 Å². The first-order chi connectivity index (χ1) is 7.91. The molecule has 94 valence electrons. The SMILES string of the molecule is Cc1ccc(CN[C@H](C(=O)O)C(C)C)c(Br)c1. The molecule has 0 amide bonds. The maximum Gasteiger partial charge on any atom is 0.320 e. The zero-order valence-electron chi connectivity index (χ0n) is 10.3. The van der Waals surface area contributed by atoms with Gasteiger partial charge in [-0.25, -0.2) is 0 Å². The Morgan fingerprint density at radius 3 is 2.59 bits per heavy atom. The third-order valence-corrected chi connectivity index (χ3v) is 3.39. The Kier molecular flexibility index (Phi) is 5.15. The van der Waals surface area contributed by atoms with Crippen LogP contribution in [0.4, 0.5) is 0 Å². The first kappa shape index (κ1) is 14.2. The van der Waals surface area contributed by atoms with Gasteiger partial charge in [-0.2, -0.15) is 0 Å². The van der Waals surface area contributed by atoms with E-state index in [2.05, 4.69) is 21.2 Å². The van der Waals surface area contributed by atoms with Crippen molar-refractivity contribution in [2.45, 2.75) is 33.4 Å². The standard InChI is InChI=1S/C13H18BrNO2/c1-8(2)12(13(16)17)15-7-10-5-4-9(3)6-11(10)14/h4-6,8,12,15H,7H2,1-3H3,(H,16,17)/t12-/m0/s1. The molecule has 0 heterocycles. The van der Waals surface area contributed by atoms with Gasteiger partial charge in [-0.3, -0.25) is 4.79 Å². The number of hydrogen-bond donors (Lipinski definition) is 2. The Hall–Kier alpha value is -0.870. The van der Waals surface area contributed by atoms with E-state index in [4.69, 9.17) is 5.11 Å². The van der Waals surface area contributed by atoms with Gasteiger partial charge in [-0.1, -0.05) is 41.9 Å². The molecule has 0 spiro atoms. The average molecular weight is 300 g/mol. The van der Waals surface area contributed by atoms with E-state index in [0.29, 0.717) is 6.54 Å². The van der Waals surface area contributed by atoms with Gasteiger partial charge in [0.05, 0.1) is 0 Å². The number of carboxylic acid groups (broad SMARTS) is 1. The Morgan fingerprint density at radius 2 is 2.12 bits per heavy atom. The molecule has 1 atom stereocenters. The van der Waals surface area contributed by atoms with Crippen molar-refractivity contribution in [1.82, 2.24) is 5.32 Å². The molecule has 0 aromatic heterocycles. The van der Waals surface area contributed by atoms with Gasteiger partial charge in [0, 0.05) is 11.0 Å². The van der Waals surface area contributed by atoms with Crippen LogP contribution >= 0.6 is 15.9 Å². The van der Waals surface area contributed by atoms with Crippen molar-refractivity contribution in [3.05, 3.63) is 33.8 Å². The normalized spacial score (nSPS) is 12.8. The Labute approximate surface area is 110 Å². The molecular weight excluding hydrogens is 282 g/mol. The molecule has 1 aromatic carbocycles. The molecule has 1 rings (SSSR count). The lowest BCUT2D eigenvalue weighted by Crippen LogP contribution is -2.40. The highest BCUT2D eigenvalue weighted by atomic mass is 79.9. The van der Waals surface area contributed by atoms with E-state index in [1.807, 2.05) is 39.0 Å². The second kappa shape index (κ2) is 6.17. The maximum absolute atomic E-state index is 11.0. The number of halogens is 1. The molecule has 0 aliphatic carbocycles. The minimum atomic E-state index is -0.803. The summed E-state index contributed by atoms with van der Waals surface area (Å²) < 4.78 is 1.01. The summed E-state index contributed by atoms with van der Waals surface area (Å²) in [6.45, 7) is 6.37. The monoisotopic (exact) mass is 299 g/mol. The fourth-order valence-corrected chi connectivity index (χ4v) is 2.26. The van der Waals surface area contributed by atoms with Crippen molar-refractivity contribution < 1.29 is 9.90 Å². The second-order valence-electron chi connectivity index (χ2n) is 4.54. The first-order valence-corrected chi connectivity index (χ1v) is 6.42. The van der Waals surface area contributed by atoms with Crippen LogP contribution in [0.1, 0.15) is 25.0 Å². The Bertz CT molecular complexity index is 404. The van der Waals surface area contributed by atoms with Crippen LogP contribution in [-0.2, 0) is 11.3 Å². The number of aryl methyl sites for hydroxylation is 1. The summed E-state index contributed by atoms with van der Waals surface area (Å²) in [5.41, 5.74) is 2.25. The van der Waals surface area contributed by atoms with Crippen molar-refractivity contribution in [2.24, 2.45) is 5.92 Å². The lowest BCUT2D eigenvalue weighted by atomic mass is 10.0. The molecule has 0 bridgehead atoms. The van der Waals surface area contributed by atoms with Crippen molar-refractivity contribution in [2.75, 3.05) is 0 Å². The predicted octanol–water partition coefficient (Wildman–Crippen LogP) is 2.96. The van der Waals surface area contributed by atoms with Crippen molar-refractivity contribution in [1.29, 1.82) is 0 Å². The zero-order chi connectivity index (χ0) is 13.0. The first-order valence-electron chi connectivity index (χ1n) is 5.63. The Balaban J connectivity index is 2.69. The predicted molar refractivity (Wildman–Crippen MR) is 72.0 cm³/mol. The van der Waals surface area contributed by atoms with Gasteiger partial charge >= 0.3 is 5.97 Å². The average Bonchev–Trinajstić information content (AvgIpc) is 2.20. The summed E-state index contributed by atoms with van der Waals surface area (Å²) in [7, 11) is 0. The fraction of sp³-hybridized carbons (Fsp3) is 0.462. The third kappa shape index (κ3) is 4.13. The van der Waals surface area contributed by atoms with E-state index < -0.39 is 12.0 Å². The molecule has 2 N–H and O–H groups in total. The number of nitrogens with one attached hydrogen (secondary N) is 1. The molecule has 0 aliphatic heterocycles. The molecule has 3 nitrogen and oxygen atoms in total. The smallest absolute Gasteiger partial charge is 0.320 e. The summed E-state index contributed by atoms with van der Waals surface area (Å²) in [6, 6.07) is 5.55. The van der Waals surface area contributed by atoms with Gasteiger partial charge in [0.15, 0.2) is 0 Å². The topological polar surface area (TPSA) is 49.3 Å². The minimum Gasteiger partial charge on any atom is -0.480 e. The van der Waals surface area contributed by atoms with Crippen LogP contribution in [0.5, 0.6) is 0 Å². The van der Waals surface area contributed by atoms with Crippen molar-refractivity contribution in [3.8, 4) is 0 Å². The summed E-state index contributed by atoms with van der Waals surface area (Å²) >= 11 is 3.48. The van der Waals surface area contributed by atoms with E-state index in [1.54, 1.807) is 0 Å². The van der Waals surface area contributed by atoms with Crippen molar-refractivity contribution >= 4 is 21.9 Å². The van der Waals surface area contributed by atoms with Gasteiger partial charge in [0.1, 0.15) is 6.04 Å². The zero-order valence-corrected chi connectivity index (χ0v) is 11.9. The molecule has 4 heteroatoms. The van der Waals surface area contributed by atoms with Crippen LogP contribution in [0, 0.1) is 12.8 Å². The number of aliphatic carboxylic acids is 1. The summed E-state index contributed by atoms with van der Waals surface area (Å²) in [5, 5.41) is 12.1. The van der Waals surface area contributed by atoms with Gasteiger partial charge in [-0.15, -0.1) is 0 Å². The molecule has 0 aliphatic rings. The molecule has 17 heavy (non-hydrogen) atoms.